The normalized spacial score (nSPS) is 16.3. The molecule has 194 valence electrons. The van der Waals surface area contributed by atoms with Gasteiger partial charge in [0.1, 0.15) is 17.4 Å². The number of thiophene rings is 1. The van der Waals surface area contributed by atoms with Crippen LogP contribution in [0.1, 0.15) is 28.8 Å². The molecule has 0 spiro atoms. The van der Waals surface area contributed by atoms with Crippen molar-refractivity contribution in [1.82, 2.24) is 19.9 Å². The summed E-state index contributed by atoms with van der Waals surface area (Å²) in [6, 6.07) is 7.14. The van der Waals surface area contributed by atoms with Crippen LogP contribution in [0.15, 0.2) is 46.2 Å². The van der Waals surface area contributed by atoms with E-state index in [1.165, 1.54) is 11.3 Å². The number of ether oxygens (including phenoxy) is 1. The molecule has 0 amide bonds. The summed E-state index contributed by atoms with van der Waals surface area (Å²) in [5, 5.41) is 3.87. The number of fused-ring (bicyclic) bond motifs is 1. The third-order valence-corrected chi connectivity index (χ3v) is 7.57. The predicted octanol–water partition coefficient (Wildman–Crippen LogP) is 4.97. The van der Waals surface area contributed by atoms with E-state index in [1.807, 2.05) is 30.1 Å². The smallest absolute Gasteiger partial charge is 0.423 e. The molecule has 4 aromatic rings. The van der Waals surface area contributed by atoms with E-state index < -0.39 is 23.0 Å². The van der Waals surface area contributed by atoms with Crippen molar-refractivity contribution in [2.75, 3.05) is 13.1 Å². The van der Waals surface area contributed by atoms with E-state index in [0.29, 0.717) is 31.9 Å². The number of piperidine rings is 1. The lowest BCUT2D eigenvalue weighted by Gasteiger charge is -2.26. The predicted molar refractivity (Wildman–Crippen MR) is 137 cm³/mol. The van der Waals surface area contributed by atoms with Crippen LogP contribution in [0, 0.1) is 6.92 Å². The molecule has 12 heteroatoms. The van der Waals surface area contributed by atoms with Gasteiger partial charge in [-0.05, 0) is 56.1 Å². The molecule has 2 N–H and O–H groups in total. The average Bonchev–Trinajstić information content (AvgIpc) is 3.26. The zero-order chi connectivity index (χ0) is 26.3. The second-order valence-corrected chi connectivity index (χ2v) is 10.4. The fourth-order valence-electron chi connectivity index (χ4n) is 4.46. The molecule has 7 nitrogen and oxygen atoms in total. The van der Waals surface area contributed by atoms with Gasteiger partial charge in [0.25, 0.3) is 5.56 Å². The lowest BCUT2D eigenvalue weighted by Crippen LogP contribution is -2.39. The number of hydrogen-bond donors (Lipinski definition) is 2. The Kier molecular flexibility index (Phi) is 6.86. The van der Waals surface area contributed by atoms with Gasteiger partial charge in [0, 0.05) is 40.0 Å². The number of hydrogen-bond acceptors (Lipinski definition) is 6. The van der Waals surface area contributed by atoms with Gasteiger partial charge < -0.3 is 15.0 Å². The highest BCUT2D eigenvalue weighted by molar-refractivity contribution is 7.19. The van der Waals surface area contributed by atoms with Crippen molar-refractivity contribution in [3.05, 3.63) is 78.5 Å². The molecule has 0 saturated carbocycles. The second-order valence-electron chi connectivity index (χ2n) is 8.87. The van der Waals surface area contributed by atoms with E-state index in [-0.39, 0.29) is 12.6 Å². The van der Waals surface area contributed by atoms with Crippen LogP contribution < -0.4 is 21.3 Å². The summed E-state index contributed by atoms with van der Waals surface area (Å²) in [7, 11) is 0. The third-order valence-electron chi connectivity index (χ3n) is 6.21. The number of alkyl halides is 3. The Morgan fingerprint density at radius 1 is 1.24 bits per heavy atom. The van der Waals surface area contributed by atoms with Gasteiger partial charge >= 0.3 is 11.9 Å². The van der Waals surface area contributed by atoms with Crippen LogP contribution in [0.25, 0.3) is 21.3 Å². The number of aryl methyl sites for hydroxylation is 1. The number of pyridine rings is 1. The summed E-state index contributed by atoms with van der Waals surface area (Å²) < 4.78 is 47.3. The molecule has 1 aromatic carbocycles. The Morgan fingerprint density at radius 2 is 2.05 bits per heavy atom. The topological polar surface area (TPSA) is 89.0 Å². The minimum Gasteiger partial charge on any atom is -0.488 e. The third kappa shape index (κ3) is 5.16. The Labute approximate surface area is 217 Å². The fraction of sp³-hybridized carbons (Fsp3) is 0.320. The molecule has 3 aromatic heterocycles. The molecule has 5 rings (SSSR count). The number of rotatable bonds is 5. The van der Waals surface area contributed by atoms with Crippen LogP contribution >= 0.6 is 22.9 Å². The van der Waals surface area contributed by atoms with Gasteiger partial charge in [0.2, 0.25) is 0 Å². The molecule has 0 radical (unpaired) electrons. The molecular formula is C25H22ClF3N4O3S. The quantitative estimate of drug-likeness (QED) is 0.366. The maximum Gasteiger partial charge on any atom is 0.423 e. The molecule has 0 unspecified atom stereocenters. The SMILES string of the molecule is Cc1cc(Cl)cc(-c2ccnc3cc(Cn4c(=O)[nH]cc(C(F)(F)F)c4=O)sc23)c1O[C@H]1CCCNC1. The minimum absolute atomic E-state index is 0.00288. The summed E-state index contributed by atoms with van der Waals surface area (Å²) in [4.78, 5) is 31.6. The molecular weight excluding hydrogens is 529 g/mol. The van der Waals surface area contributed by atoms with E-state index in [0.717, 1.165) is 47.3 Å². The molecule has 1 atom stereocenters. The summed E-state index contributed by atoms with van der Waals surface area (Å²) in [6.07, 6.45) is -0.927. The van der Waals surface area contributed by atoms with E-state index in [1.54, 1.807) is 12.3 Å². The first kappa shape index (κ1) is 25.5. The van der Waals surface area contributed by atoms with Crippen molar-refractivity contribution < 1.29 is 17.9 Å². The first-order valence-corrected chi connectivity index (χ1v) is 12.8. The van der Waals surface area contributed by atoms with E-state index in [4.69, 9.17) is 16.3 Å². The van der Waals surface area contributed by atoms with Gasteiger partial charge in [-0.15, -0.1) is 11.3 Å². The molecule has 4 heterocycles. The van der Waals surface area contributed by atoms with Crippen LogP contribution in [0.5, 0.6) is 5.75 Å². The van der Waals surface area contributed by atoms with E-state index in [2.05, 4.69) is 10.3 Å². The van der Waals surface area contributed by atoms with Crippen molar-refractivity contribution >= 4 is 33.2 Å². The van der Waals surface area contributed by atoms with Crippen molar-refractivity contribution in [3.8, 4) is 16.9 Å². The van der Waals surface area contributed by atoms with Gasteiger partial charge in [-0.2, -0.15) is 13.2 Å². The molecule has 1 fully saturated rings. The van der Waals surface area contributed by atoms with Crippen LogP contribution in [0.4, 0.5) is 13.2 Å². The monoisotopic (exact) mass is 550 g/mol. The number of aromatic amines is 1. The Hall–Kier alpha value is -3.15. The average molecular weight is 551 g/mol. The van der Waals surface area contributed by atoms with Crippen molar-refractivity contribution in [3.63, 3.8) is 0 Å². The van der Waals surface area contributed by atoms with Gasteiger partial charge in [-0.25, -0.2) is 4.79 Å². The zero-order valence-corrected chi connectivity index (χ0v) is 21.2. The van der Waals surface area contributed by atoms with Gasteiger partial charge in [-0.1, -0.05) is 11.6 Å². The number of nitrogens with zero attached hydrogens (tertiary/aromatic N) is 2. The first-order chi connectivity index (χ1) is 17.6. The summed E-state index contributed by atoms with van der Waals surface area (Å²) in [5.41, 5.74) is -0.745. The Balaban J connectivity index is 1.58. The minimum atomic E-state index is -4.88. The van der Waals surface area contributed by atoms with E-state index in [9.17, 15) is 22.8 Å². The van der Waals surface area contributed by atoms with E-state index >= 15 is 0 Å². The largest absolute Gasteiger partial charge is 0.488 e. The summed E-state index contributed by atoms with van der Waals surface area (Å²) in [6.45, 7) is 3.28. The van der Waals surface area contributed by atoms with Crippen molar-refractivity contribution in [2.24, 2.45) is 0 Å². The van der Waals surface area contributed by atoms with Crippen LogP contribution in [0.3, 0.4) is 0 Å². The fourth-order valence-corrected chi connectivity index (χ4v) is 5.87. The lowest BCUT2D eigenvalue weighted by atomic mass is 10.0. The Bertz CT molecular complexity index is 1590. The van der Waals surface area contributed by atoms with Gasteiger partial charge in [0.15, 0.2) is 0 Å². The number of nitrogens with one attached hydrogen (secondary N) is 2. The highest BCUT2D eigenvalue weighted by Gasteiger charge is 2.35. The molecule has 1 saturated heterocycles. The Morgan fingerprint density at radius 3 is 2.78 bits per heavy atom. The standard InChI is InChI=1S/C25H22ClF3N4O3S/c1-13-7-14(26)8-18(21(13)36-15-3-2-5-30-10-15)17-4-6-31-20-9-16(37-22(17)20)12-33-23(34)19(25(27,28)29)11-32-24(33)35/h4,6-9,11,15,30H,2-3,5,10,12H2,1H3,(H,32,35)/t15-/m0/s1. The van der Waals surface area contributed by atoms with Crippen LogP contribution in [-0.4, -0.2) is 33.7 Å². The number of aromatic nitrogens is 3. The number of H-pyrrole nitrogens is 1. The molecule has 1 aliphatic rings. The first-order valence-electron chi connectivity index (χ1n) is 11.6. The van der Waals surface area contributed by atoms with Crippen molar-refractivity contribution in [2.45, 2.75) is 38.6 Å². The summed E-state index contributed by atoms with van der Waals surface area (Å²) >= 11 is 7.66. The van der Waals surface area contributed by atoms with Gasteiger partial charge in [0.05, 0.1) is 16.8 Å². The lowest BCUT2D eigenvalue weighted by molar-refractivity contribution is -0.139. The molecule has 0 aliphatic carbocycles. The zero-order valence-electron chi connectivity index (χ0n) is 19.6. The maximum absolute atomic E-state index is 13.2. The maximum atomic E-state index is 13.2. The van der Waals surface area contributed by atoms with Crippen molar-refractivity contribution in [1.29, 1.82) is 0 Å². The van der Waals surface area contributed by atoms with Gasteiger partial charge in [-0.3, -0.25) is 14.3 Å². The number of benzene rings is 1. The second kappa shape index (κ2) is 9.96. The highest BCUT2D eigenvalue weighted by Crippen LogP contribution is 2.42. The molecule has 0 bridgehead atoms. The molecule has 1 aliphatic heterocycles. The molecule has 37 heavy (non-hydrogen) atoms. The summed E-state index contributed by atoms with van der Waals surface area (Å²) in [5.74, 6) is 0.700. The van der Waals surface area contributed by atoms with Crippen LogP contribution in [0.2, 0.25) is 5.02 Å². The van der Waals surface area contributed by atoms with Crippen LogP contribution in [-0.2, 0) is 12.7 Å². The number of halogens is 4. The highest BCUT2D eigenvalue weighted by atomic mass is 35.5.